The highest BCUT2D eigenvalue weighted by atomic mass is 16.6. The number of carbonyl (C=O) groups is 2. The molecule has 1 saturated heterocycles. The largest absolute Gasteiger partial charge is 0.478 e. The van der Waals surface area contributed by atoms with Gasteiger partial charge in [0.2, 0.25) is 6.10 Å². The molecule has 1 fully saturated rings. The van der Waals surface area contributed by atoms with E-state index in [0.29, 0.717) is 6.42 Å². The third kappa shape index (κ3) is 2.13. The normalized spacial score (nSPS) is 23.6. The molecule has 2 unspecified atom stereocenters. The minimum Gasteiger partial charge on any atom is -0.478 e. The molecule has 0 aromatic heterocycles. The number of ether oxygens (including phenoxy) is 1. The van der Waals surface area contributed by atoms with Gasteiger partial charge in [-0.15, -0.1) is 0 Å². The zero-order valence-electron chi connectivity index (χ0n) is 8.42. The number of rotatable bonds is 3. The number of alkyl carbamates (subject to hydrolysis) is 1. The average Bonchev–Trinajstić information content (AvgIpc) is 2.61. The number of amides is 1. The Bertz CT molecular complexity index is 404. The second kappa shape index (κ2) is 4.22. The van der Waals surface area contributed by atoms with Crippen molar-refractivity contribution in [1.29, 1.82) is 0 Å². The van der Waals surface area contributed by atoms with Gasteiger partial charge < -0.3 is 15.2 Å². The lowest BCUT2D eigenvalue weighted by molar-refractivity contribution is -0.145. The first-order valence-corrected chi connectivity index (χ1v) is 4.90. The van der Waals surface area contributed by atoms with Crippen LogP contribution in [-0.4, -0.2) is 29.3 Å². The summed E-state index contributed by atoms with van der Waals surface area (Å²) in [7, 11) is 0. The Morgan fingerprint density at radius 1 is 1.38 bits per heavy atom. The molecule has 1 aromatic carbocycles. The first-order chi connectivity index (χ1) is 7.66. The average molecular weight is 221 g/mol. The number of aliphatic carboxylic acids is 1. The van der Waals surface area contributed by atoms with Crippen molar-refractivity contribution in [3.8, 4) is 0 Å². The number of nitrogens with one attached hydrogen (secondary N) is 1. The summed E-state index contributed by atoms with van der Waals surface area (Å²) in [6, 6.07) is 8.85. The predicted octanol–water partition coefficient (Wildman–Crippen LogP) is 0.791. The Morgan fingerprint density at radius 3 is 2.69 bits per heavy atom. The van der Waals surface area contributed by atoms with Gasteiger partial charge in [-0.2, -0.15) is 0 Å². The number of hydrogen-bond acceptors (Lipinski definition) is 3. The summed E-state index contributed by atoms with van der Waals surface area (Å²) in [4.78, 5) is 21.8. The van der Waals surface area contributed by atoms with Gasteiger partial charge in [-0.1, -0.05) is 30.3 Å². The number of carbonyl (C=O) groups excluding carboxylic acids is 1. The number of benzene rings is 1. The van der Waals surface area contributed by atoms with E-state index in [2.05, 4.69) is 10.1 Å². The summed E-state index contributed by atoms with van der Waals surface area (Å²) in [5.74, 6) is -1.13. The Morgan fingerprint density at radius 2 is 2.06 bits per heavy atom. The van der Waals surface area contributed by atoms with Crippen LogP contribution >= 0.6 is 0 Å². The number of hydrogen-bond donors (Lipinski definition) is 2. The predicted molar refractivity (Wildman–Crippen MR) is 55.0 cm³/mol. The number of carboxylic acids is 1. The van der Waals surface area contributed by atoms with E-state index in [-0.39, 0.29) is 0 Å². The molecule has 2 rings (SSSR count). The van der Waals surface area contributed by atoms with E-state index < -0.39 is 24.2 Å². The minimum absolute atomic E-state index is 0.448. The molecule has 2 N–H and O–H groups in total. The Kier molecular flexibility index (Phi) is 2.76. The molecule has 1 aliphatic rings. The Hall–Kier alpha value is -2.04. The molecule has 0 radical (unpaired) electrons. The van der Waals surface area contributed by atoms with Crippen molar-refractivity contribution in [3.05, 3.63) is 35.9 Å². The van der Waals surface area contributed by atoms with Gasteiger partial charge in [0.15, 0.2) is 0 Å². The van der Waals surface area contributed by atoms with Crippen molar-refractivity contribution in [2.24, 2.45) is 0 Å². The van der Waals surface area contributed by atoms with Crippen LogP contribution in [0.25, 0.3) is 0 Å². The van der Waals surface area contributed by atoms with E-state index in [0.717, 1.165) is 5.56 Å². The van der Waals surface area contributed by atoms with E-state index in [9.17, 15) is 9.59 Å². The van der Waals surface area contributed by atoms with Crippen LogP contribution in [0.4, 0.5) is 4.79 Å². The second-order valence-electron chi connectivity index (χ2n) is 3.60. The van der Waals surface area contributed by atoms with Crippen molar-refractivity contribution in [2.75, 3.05) is 0 Å². The molecule has 1 aromatic rings. The smallest absolute Gasteiger partial charge is 0.408 e. The summed E-state index contributed by atoms with van der Waals surface area (Å²) >= 11 is 0. The van der Waals surface area contributed by atoms with E-state index in [4.69, 9.17) is 5.11 Å². The molecule has 5 nitrogen and oxygen atoms in total. The molecule has 1 aliphatic heterocycles. The van der Waals surface area contributed by atoms with Gasteiger partial charge >= 0.3 is 12.1 Å². The molecule has 0 spiro atoms. The molecule has 1 amide bonds. The second-order valence-corrected chi connectivity index (χ2v) is 3.60. The fourth-order valence-corrected chi connectivity index (χ4v) is 1.71. The quantitative estimate of drug-likeness (QED) is 0.791. The summed E-state index contributed by atoms with van der Waals surface area (Å²) in [5, 5.41) is 11.4. The zero-order chi connectivity index (χ0) is 11.5. The van der Waals surface area contributed by atoms with Crippen LogP contribution in [-0.2, 0) is 16.0 Å². The van der Waals surface area contributed by atoms with Crippen molar-refractivity contribution in [2.45, 2.75) is 18.6 Å². The van der Waals surface area contributed by atoms with Gasteiger partial charge in [-0.05, 0) is 12.0 Å². The van der Waals surface area contributed by atoms with Gasteiger partial charge in [0.25, 0.3) is 0 Å². The van der Waals surface area contributed by atoms with E-state index in [1.807, 2.05) is 30.3 Å². The highest BCUT2D eigenvalue weighted by Gasteiger charge is 2.39. The highest BCUT2D eigenvalue weighted by Crippen LogP contribution is 2.14. The lowest BCUT2D eigenvalue weighted by atomic mass is 10.0. The standard InChI is InChI=1S/C11H11NO4/c13-10(14)9-8(12-11(15)16-9)6-7-4-2-1-3-5-7/h1-5,8-9H,6H2,(H,12,15)(H,13,14). The Balaban J connectivity index is 2.09. The van der Waals surface area contributed by atoms with Crippen molar-refractivity contribution >= 4 is 12.1 Å². The van der Waals surface area contributed by atoms with Crippen LogP contribution in [0.2, 0.25) is 0 Å². The first kappa shape index (κ1) is 10.5. The molecule has 2 atom stereocenters. The van der Waals surface area contributed by atoms with Gasteiger partial charge in [0.05, 0.1) is 6.04 Å². The molecule has 5 heteroatoms. The highest BCUT2D eigenvalue weighted by molar-refractivity contribution is 5.82. The zero-order valence-corrected chi connectivity index (χ0v) is 8.42. The van der Waals surface area contributed by atoms with Gasteiger partial charge in [-0.3, -0.25) is 0 Å². The van der Waals surface area contributed by atoms with Crippen LogP contribution < -0.4 is 5.32 Å². The van der Waals surface area contributed by atoms with Gasteiger partial charge in [0.1, 0.15) is 0 Å². The SMILES string of the molecule is O=C1NC(Cc2ccccc2)C(C(=O)O)O1. The van der Waals surface area contributed by atoms with E-state index in [1.165, 1.54) is 0 Å². The maximum absolute atomic E-state index is 11.0. The van der Waals surface area contributed by atoms with Crippen molar-refractivity contribution in [1.82, 2.24) is 5.32 Å². The van der Waals surface area contributed by atoms with E-state index >= 15 is 0 Å². The lowest BCUT2D eigenvalue weighted by Crippen LogP contribution is -2.38. The molecule has 16 heavy (non-hydrogen) atoms. The summed E-state index contributed by atoms with van der Waals surface area (Å²) < 4.78 is 4.66. The molecular formula is C11H11NO4. The maximum Gasteiger partial charge on any atom is 0.408 e. The molecule has 0 saturated carbocycles. The van der Waals surface area contributed by atoms with Gasteiger partial charge in [0, 0.05) is 0 Å². The van der Waals surface area contributed by atoms with Crippen LogP contribution in [0.15, 0.2) is 30.3 Å². The first-order valence-electron chi connectivity index (χ1n) is 4.90. The van der Waals surface area contributed by atoms with Gasteiger partial charge in [-0.25, -0.2) is 9.59 Å². The van der Waals surface area contributed by atoms with Crippen molar-refractivity contribution in [3.63, 3.8) is 0 Å². The van der Waals surface area contributed by atoms with Crippen molar-refractivity contribution < 1.29 is 19.4 Å². The fourth-order valence-electron chi connectivity index (χ4n) is 1.71. The van der Waals surface area contributed by atoms with E-state index in [1.54, 1.807) is 0 Å². The minimum atomic E-state index is -1.13. The molecular weight excluding hydrogens is 210 g/mol. The molecule has 0 aliphatic carbocycles. The summed E-state index contributed by atoms with van der Waals surface area (Å²) in [6.45, 7) is 0. The molecule has 0 bridgehead atoms. The monoisotopic (exact) mass is 221 g/mol. The van der Waals surface area contributed by atoms with Crippen LogP contribution in [0.5, 0.6) is 0 Å². The molecule has 84 valence electrons. The number of cyclic esters (lactones) is 1. The summed E-state index contributed by atoms with van der Waals surface area (Å²) in [6.07, 6.45) is -1.33. The topological polar surface area (TPSA) is 75.6 Å². The third-order valence-corrected chi connectivity index (χ3v) is 2.44. The maximum atomic E-state index is 11.0. The lowest BCUT2D eigenvalue weighted by Gasteiger charge is -2.12. The molecule has 1 heterocycles. The number of carboxylic acid groups (broad SMARTS) is 1. The fraction of sp³-hybridized carbons (Fsp3) is 0.273. The third-order valence-electron chi connectivity index (χ3n) is 2.44. The van der Waals surface area contributed by atoms with Crippen LogP contribution in [0, 0.1) is 0 Å². The summed E-state index contributed by atoms with van der Waals surface area (Å²) in [5.41, 5.74) is 0.963. The van der Waals surface area contributed by atoms with Crippen LogP contribution in [0.1, 0.15) is 5.56 Å². The van der Waals surface area contributed by atoms with Crippen LogP contribution in [0.3, 0.4) is 0 Å². The Labute approximate surface area is 92.0 Å².